The van der Waals surface area contributed by atoms with Crippen molar-refractivity contribution in [3.63, 3.8) is 0 Å². The summed E-state index contributed by atoms with van der Waals surface area (Å²) in [5.74, 6) is 0.121. The average molecular weight is 225 g/mol. The second kappa shape index (κ2) is 3.35. The van der Waals surface area contributed by atoms with Gasteiger partial charge in [-0.25, -0.2) is 0 Å². The standard InChI is InChI=1S/C14H11NO2/c1-8-6-9(16)7-11-13(8)15-12-5-3-2-4-10(12)14(11)17/h2-7,16H,1H3,(H,15,17). The first kappa shape index (κ1) is 9.90. The molecule has 3 nitrogen and oxygen atoms in total. The number of phenols is 1. The monoisotopic (exact) mass is 225 g/mol. The van der Waals surface area contributed by atoms with Crippen molar-refractivity contribution >= 4 is 21.8 Å². The molecule has 0 saturated carbocycles. The molecule has 0 spiro atoms. The molecule has 1 aromatic heterocycles. The number of nitrogens with one attached hydrogen (secondary N) is 1. The number of phenolic OH excluding ortho intramolecular Hbond substituents is 1. The van der Waals surface area contributed by atoms with Crippen molar-refractivity contribution in [1.82, 2.24) is 4.98 Å². The lowest BCUT2D eigenvalue weighted by molar-refractivity contribution is 0.475. The topological polar surface area (TPSA) is 53.1 Å². The summed E-state index contributed by atoms with van der Waals surface area (Å²) in [6, 6.07) is 10.5. The largest absolute Gasteiger partial charge is 0.508 e. The second-order valence-electron chi connectivity index (χ2n) is 4.18. The van der Waals surface area contributed by atoms with E-state index < -0.39 is 0 Å². The smallest absolute Gasteiger partial charge is 0.197 e. The van der Waals surface area contributed by atoms with Crippen LogP contribution in [0, 0.1) is 6.92 Å². The molecule has 0 amide bonds. The number of aromatic nitrogens is 1. The van der Waals surface area contributed by atoms with Crippen LogP contribution in [-0.2, 0) is 0 Å². The molecule has 17 heavy (non-hydrogen) atoms. The molecule has 0 bridgehead atoms. The van der Waals surface area contributed by atoms with Crippen molar-refractivity contribution in [2.75, 3.05) is 0 Å². The lowest BCUT2D eigenvalue weighted by atomic mass is 10.1. The molecular formula is C14H11NO2. The average Bonchev–Trinajstić information content (AvgIpc) is 2.31. The van der Waals surface area contributed by atoms with Crippen LogP contribution in [0.15, 0.2) is 41.2 Å². The Balaban J connectivity index is 2.64. The Kier molecular flexibility index (Phi) is 1.95. The number of rotatable bonds is 0. The van der Waals surface area contributed by atoms with E-state index >= 15 is 0 Å². The Morgan fingerprint density at radius 1 is 1.12 bits per heavy atom. The van der Waals surface area contributed by atoms with E-state index in [1.165, 1.54) is 6.07 Å². The van der Waals surface area contributed by atoms with Crippen molar-refractivity contribution in [1.29, 1.82) is 0 Å². The summed E-state index contributed by atoms with van der Waals surface area (Å²) in [7, 11) is 0. The van der Waals surface area contributed by atoms with Crippen molar-refractivity contribution in [2.45, 2.75) is 6.92 Å². The number of aryl methyl sites for hydroxylation is 1. The van der Waals surface area contributed by atoms with Crippen LogP contribution in [0.3, 0.4) is 0 Å². The van der Waals surface area contributed by atoms with E-state index in [-0.39, 0.29) is 11.2 Å². The maximum Gasteiger partial charge on any atom is 0.197 e. The minimum absolute atomic E-state index is 0.0478. The van der Waals surface area contributed by atoms with E-state index in [1.54, 1.807) is 12.1 Å². The molecule has 2 N–H and O–H groups in total. The van der Waals surface area contributed by atoms with Crippen LogP contribution in [0.5, 0.6) is 5.75 Å². The fraction of sp³-hybridized carbons (Fsp3) is 0.0714. The van der Waals surface area contributed by atoms with Crippen molar-refractivity contribution in [2.24, 2.45) is 0 Å². The van der Waals surface area contributed by atoms with Crippen LogP contribution >= 0.6 is 0 Å². The molecule has 3 aromatic rings. The van der Waals surface area contributed by atoms with Gasteiger partial charge in [0.25, 0.3) is 0 Å². The summed E-state index contributed by atoms with van der Waals surface area (Å²) in [6.45, 7) is 1.87. The third kappa shape index (κ3) is 1.40. The van der Waals surface area contributed by atoms with Crippen molar-refractivity contribution in [3.8, 4) is 5.75 Å². The van der Waals surface area contributed by atoms with Crippen LogP contribution in [0.1, 0.15) is 5.56 Å². The zero-order chi connectivity index (χ0) is 12.0. The molecule has 0 unspecified atom stereocenters. The molecule has 0 aliphatic carbocycles. The van der Waals surface area contributed by atoms with Gasteiger partial charge in [-0.2, -0.15) is 0 Å². The summed E-state index contributed by atoms with van der Waals surface area (Å²) in [6.07, 6.45) is 0. The highest BCUT2D eigenvalue weighted by Gasteiger charge is 2.07. The molecule has 0 fully saturated rings. The van der Waals surface area contributed by atoms with Crippen LogP contribution in [0.4, 0.5) is 0 Å². The molecule has 1 heterocycles. The van der Waals surface area contributed by atoms with Gasteiger partial charge in [-0.05, 0) is 36.8 Å². The summed E-state index contributed by atoms with van der Waals surface area (Å²) in [4.78, 5) is 15.5. The summed E-state index contributed by atoms with van der Waals surface area (Å²) < 4.78 is 0. The lowest BCUT2D eigenvalue weighted by Crippen LogP contribution is -2.04. The van der Waals surface area contributed by atoms with Gasteiger partial charge >= 0.3 is 0 Å². The van der Waals surface area contributed by atoms with Gasteiger partial charge in [0, 0.05) is 10.9 Å². The number of pyridine rings is 1. The maximum absolute atomic E-state index is 12.3. The first-order valence-corrected chi connectivity index (χ1v) is 5.41. The van der Waals surface area contributed by atoms with Crippen LogP contribution in [0.2, 0.25) is 0 Å². The van der Waals surface area contributed by atoms with Crippen LogP contribution < -0.4 is 5.43 Å². The van der Waals surface area contributed by atoms with Gasteiger partial charge in [-0.15, -0.1) is 0 Å². The molecule has 0 atom stereocenters. The molecule has 3 heteroatoms. The fourth-order valence-corrected chi connectivity index (χ4v) is 2.18. The third-order valence-electron chi connectivity index (χ3n) is 3.00. The number of aromatic amines is 1. The van der Waals surface area contributed by atoms with E-state index in [1.807, 2.05) is 25.1 Å². The lowest BCUT2D eigenvalue weighted by Gasteiger charge is -2.05. The molecule has 0 saturated heterocycles. The normalized spacial score (nSPS) is 11.1. The van der Waals surface area contributed by atoms with E-state index in [0.717, 1.165) is 16.6 Å². The Morgan fingerprint density at radius 3 is 2.71 bits per heavy atom. The first-order valence-electron chi connectivity index (χ1n) is 5.41. The zero-order valence-electron chi connectivity index (χ0n) is 9.32. The number of hydrogen-bond donors (Lipinski definition) is 2. The van der Waals surface area contributed by atoms with Crippen LogP contribution in [-0.4, -0.2) is 10.1 Å². The third-order valence-corrected chi connectivity index (χ3v) is 3.00. The van der Waals surface area contributed by atoms with Gasteiger partial charge in [0.2, 0.25) is 0 Å². The van der Waals surface area contributed by atoms with Crippen LogP contribution in [0.25, 0.3) is 21.8 Å². The predicted octanol–water partition coefficient (Wildman–Crippen LogP) is 2.70. The SMILES string of the molecule is Cc1cc(O)cc2c(=O)c3ccccc3[nH]c12. The highest BCUT2D eigenvalue weighted by Crippen LogP contribution is 2.22. The van der Waals surface area contributed by atoms with Gasteiger partial charge < -0.3 is 10.1 Å². The highest BCUT2D eigenvalue weighted by atomic mass is 16.3. The van der Waals surface area contributed by atoms with Gasteiger partial charge in [-0.1, -0.05) is 12.1 Å². The van der Waals surface area contributed by atoms with Gasteiger partial charge in [-0.3, -0.25) is 4.79 Å². The number of hydrogen-bond acceptors (Lipinski definition) is 2. The number of aromatic hydroxyl groups is 1. The van der Waals surface area contributed by atoms with Crippen molar-refractivity contribution in [3.05, 3.63) is 52.2 Å². The molecule has 3 rings (SSSR count). The second-order valence-corrected chi connectivity index (χ2v) is 4.18. The summed E-state index contributed by atoms with van der Waals surface area (Å²) in [5, 5.41) is 10.7. The number of H-pyrrole nitrogens is 1. The van der Waals surface area contributed by atoms with E-state index in [2.05, 4.69) is 4.98 Å². The van der Waals surface area contributed by atoms with Gasteiger partial charge in [0.15, 0.2) is 5.43 Å². The Hall–Kier alpha value is -2.29. The molecular weight excluding hydrogens is 214 g/mol. The predicted molar refractivity (Wildman–Crippen MR) is 68.5 cm³/mol. The Morgan fingerprint density at radius 2 is 1.88 bits per heavy atom. The fourth-order valence-electron chi connectivity index (χ4n) is 2.18. The number of fused-ring (bicyclic) bond motifs is 2. The first-order chi connectivity index (χ1) is 8.16. The van der Waals surface area contributed by atoms with E-state index in [9.17, 15) is 9.90 Å². The minimum Gasteiger partial charge on any atom is -0.508 e. The van der Waals surface area contributed by atoms with Gasteiger partial charge in [0.05, 0.1) is 10.9 Å². The quantitative estimate of drug-likeness (QED) is 0.578. The Labute approximate surface area is 97.3 Å². The molecule has 0 aliphatic rings. The molecule has 0 radical (unpaired) electrons. The van der Waals surface area contributed by atoms with E-state index in [0.29, 0.717) is 10.8 Å². The highest BCUT2D eigenvalue weighted by molar-refractivity contribution is 5.94. The molecule has 2 aromatic carbocycles. The van der Waals surface area contributed by atoms with E-state index in [4.69, 9.17) is 0 Å². The Bertz CT molecular complexity index is 787. The molecule has 0 aliphatic heterocycles. The molecule has 84 valence electrons. The minimum atomic E-state index is -0.0478. The number of benzene rings is 2. The van der Waals surface area contributed by atoms with Gasteiger partial charge in [0.1, 0.15) is 5.75 Å². The summed E-state index contributed by atoms with van der Waals surface area (Å²) >= 11 is 0. The zero-order valence-corrected chi connectivity index (χ0v) is 9.32. The number of para-hydroxylation sites is 1. The summed E-state index contributed by atoms with van der Waals surface area (Å²) in [5.41, 5.74) is 2.42. The van der Waals surface area contributed by atoms with Crippen molar-refractivity contribution < 1.29 is 5.11 Å². The maximum atomic E-state index is 12.3.